The van der Waals surface area contributed by atoms with Gasteiger partial charge in [-0.25, -0.2) is 8.42 Å². The first-order valence-electron chi connectivity index (χ1n) is 10.8. The molecule has 2 aromatic rings. The number of hydrogen-bond donors (Lipinski definition) is 2. The number of sulfonamides is 1. The zero-order valence-corrected chi connectivity index (χ0v) is 19.7. The summed E-state index contributed by atoms with van der Waals surface area (Å²) in [5, 5.41) is 3.43. The van der Waals surface area contributed by atoms with E-state index >= 15 is 0 Å². The molecule has 1 aromatic heterocycles. The van der Waals surface area contributed by atoms with Gasteiger partial charge in [-0.1, -0.05) is 30.3 Å². The summed E-state index contributed by atoms with van der Waals surface area (Å²) in [7, 11) is -3.41. The maximum Gasteiger partial charge on any atom is 0.251 e. The lowest BCUT2D eigenvalue weighted by Crippen LogP contribution is -2.54. The maximum atomic E-state index is 12.9. The largest absolute Gasteiger partial charge is 0.365 e. The normalized spacial score (nSPS) is 18.3. The van der Waals surface area contributed by atoms with Crippen molar-refractivity contribution in [1.82, 2.24) is 9.21 Å². The van der Waals surface area contributed by atoms with Crippen LogP contribution in [-0.2, 0) is 33.4 Å². The first kappa shape index (κ1) is 22.9. The van der Waals surface area contributed by atoms with E-state index in [2.05, 4.69) is 5.32 Å². The molecule has 1 fully saturated rings. The third-order valence-electron chi connectivity index (χ3n) is 6.19. The van der Waals surface area contributed by atoms with Crippen molar-refractivity contribution in [1.29, 1.82) is 0 Å². The van der Waals surface area contributed by atoms with Crippen LogP contribution in [0.3, 0.4) is 0 Å². The van der Waals surface area contributed by atoms with Crippen LogP contribution < -0.4 is 11.1 Å². The van der Waals surface area contributed by atoms with Crippen LogP contribution in [0, 0.1) is 0 Å². The fourth-order valence-electron chi connectivity index (χ4n) is 4.38. The average molecular weight is 477 g/mol. The highest BCUT2D eigenvalue weighted by Gasteiger charge is 2.32. The Bertz CT molecular complexity index is 1110. The fourth-order valence-corrected chi connectivity index (χ4v) is 7.19. The van der Waals surface area contributed by atoms with Gasteiger partial charge in [-0.15, -0.1) is 11.3 Å². The number of anilines is 1. The summed E-state index contributed by atoms with van der Waals surface area (Å²) < 4.78 is 27.0. The summed E-state index contributed by atoms with van der Waals surface area (Å²) in [6.07, 6.45) is 2.73. The predicted molar refractivity (Wildman–Crippen MR) is 125 cm³/mol. The zero-order valence-electron chi connectivity index (χ0n) is 18.0. The summed E-state index contributed by atoms with van der Waals surface area (Å²) in [6, 6.07) is 8.68. The summed E-state index contributed by atoms with van der Waals surface area (Å²) in [5.74, 6) is -0.749. The van der Waals surface area contributed by atoms with E-state index in [0.29, 0.717) is 36.7 Å². The number of fused-ring (bicyclic) bond motifs is 1. The van der Waals surface area contributed by atoms with Crippen LogP contribution in [0.1, 0.15) is 39.7 Å². The Hall–Kier alpha value is -2.27. The standard InChI is InChI=1S/C22H28N4O4S2/c1-15(21(28)24-22-19(20(23)27)17-8-5-9-18(17)31-22)25-10-12-26(13-11-25)32(29,30)14-16-6-3-2-4-7-16/h2-4,6-7,15H,5,8-14H2,1H3,(H2,23,27)(H,24,28)/t15-/m1/s1. The number of benzene rings is 1. The first-order chi connectivity index (χ1) is 15.3. The number of piperazine rings is 1. The van der Waals surface area contributed by atoms with E-state index in [1.54, 1.807) is 19.1 Å². The van der Waals surface area contributed by atoms with Gasteiger partial charge in [0.15, 0.2) is 0 Å². The van der Waals surface area contributed by atoms with Gasteiger partial charge in [-0.05, 0) is 37.3 Å². The number of rotatable bonds is 7. The molecule has 0 radical (unpaired) electrons. The van der Waals surface area contributed by atoms with Crippen molar-refractivity contribution in [3.63, 3.8) is 0 Å². The smallest absolute Gasteiger partial charge is 0.251 e. The number of aryl methyl sites for hydroxylation is 1. The van der Waals surface area contributed by atoms with E-state index in [1.165, 1.54) is 15.6 Å². The molecule has 2 amide bonds. The van der Waals surface area contributed by atoms with Gasteiger partial charge in [-0.2, -0.15) is 4.31 Å². The van der Waals surface area contributed by atoms with Gasteiger partial charge in [-0.3, -0.25) is 14.5 Å². The molecule has 1 aliphatic carbocycles. The SMILES string of the molecule is C[C@H](C(=O)Nc1sc2c(c1C(N)=O)CCC2)N1CCN(S(=O)(=O)Cc2ccccc2)CC1. The molecule has 0 spiro atoms. The van der Waals surface area contributed by atoms with Gasteiger partial charge in [0, 0.05) is 31.1 Å². The van der Waals surface area contributed by atoms with Crippen molar-refractivity contribution in [2.75, 3.05) is 31.5 Å². The molecule has 8 nitrogen and oxygen atoms in total. The van der Waals surface area contributed by atoms with E-state index < -0.39 is 22.0 Å². The number of nitrogens with one attached hydrogen (secondary N) is 1. The Labute approximate surface area is 192 Å². The Morgan fingerprint density at radius 1 is 1.12 bits per heavy atom. The van der Waals surface area contributed by atoms with Gasteiger partial charge in [0.25, 0.3) is 5.91 Å². The van der Waals surface area contributed by atoms with Crippen LogP contribution in [0.25, 0.3) is 0 Å². The van der Waals surface area contributed by atoms with Crippen LogP contribution >= 0.6 is 11.3 Å². The third-order valence-corrected chi connectivity index (χ3v) is 9.25. The molecule has 1 atom stereocenters. The van der Waals surface area contributed by atoms with E-state index in [0.717, 1.165) is 35.3 Å². The Morgan fingerprint density at radius 3 is 2.47 bits per heavy atom. The molecule has 2 aliphatic rings. The highest BCUT2D eigenvalue weighted by molar-refractivity contribution is 7.88. The number of primary amides is 1. The van der Waals surface area contributed by atoms with Crippen molar-refractivity contribution in [2.45, 2.75) is 38.0 Å². The minimum Gasteiger partial charge on any atom is -0.365 e. The highest BCUT2D eigenvalue weighted by Crippen LogP contribution is 2.39. The molecule has 0 unspecified atom stereocenters. The molecule has 3 N–H and O–H groups in total. The second-order valence-corrected chi connectivity index (χ2v) is 11.3. The summed E-state index contributed by atoms with van der Waals surface area (Å²) >= 11 is 1.44. The maximum absolute atomic E-state index is 12.9. The lowest BCUT2D eigenvalue weighted by Gasteiger charge is -2.36. The lowest BCUT2D eigenvalue weighted by atomic mass is 10.1. The van der Waals surface area contributed by atoms with Crippen molar-refractivity contribution in [3.8, 4) is 0 Å². The molecular weight excluding hydrogens is 448 g/mol. The molecule has 10 heteroatoms. The molecule has 1 saturated heterocycles. The highest BCUT2D eigenvalue weighted by atomic mass is 32.2. The number of thiophene rings is 1. The number of amides is 2. The zero-order chi connectivity index (χ0) is 22.9. The van der Waals surface area contributed by atoms with Crippen LogP contribution in [0.2, 0.25) is 0 Å². The van der Waals surface area contributed by atoms with Crippen molar-refractivity contribution in [2.24, 2.45) is 5.73 Å². The monoisotopic (exact) mass is 476 g/mol. The van der Waals surface area contributed by atoms with E-state index in [9.17, 15) is 18.0 Å². The van der Waals surface area contributed by atoms with Gasteiger partial charge >= 0.3 is 0 Å². The fraction of sp³-hybridized carbons (Fsp3) is 0.455. The van der Waals surface area contributed by atoms with Crippen LogP contribution in [0.15, 0.2) is 30.3 Å². The van der Waals surface area contributed by atoms with Crippen molar-refractivity contribution in [3.05, 3.63) is 51.9 Å². The third kappa shape index (κ3) is 4.73. The number of hydrogen-bond acceptors (Lipinski definition) is 6. The Kier molecular flexibility index (Phi) is 6.66. The number of carbonyl (C=O) groups is 2. The summed E-state index contributed by atoms with van der Waals surface area (Å²) in [5.41, 5.74) is 7.76. The molecule has 1 aliphatic heterocycles. The Balaban J connectivity index is 1.36. The number of nitrogens with two attached hydrogens (primary N) is 1. The van der Waals surface area contributed by atoms with Gasteiger partial charge < -0.3 is 11.1 Å². The number of nitrogens with zero attached hydrogens (tertiary/aromatic N) is 2. The minimum atomic E-state index is -3.41. The van der Waals surface area contributed by atoms with E-state index in [-0.39, 0.29) is 11.7 Å². The van der Waals surface area contributed by atoms with Gasteiger partial charge in [0.05, 0.1) is 17.4 Å². The molecule has 2 heterocycles. The van der Waals surface area contributed by atoms with Gasteiger partial charge in [0.2, 0.25) is 15.9 Å². The molecule has 0 bridgehead atoms. The second kappa shape index (κ2) is 9.30. The molecular formula is C22H28N4O4S2. The molecule has 0 saturated carbocycles. The minimum absolute atomic E-state index is 0.0250. The van der Waals surface area contributed by atoms with Crippen molar-refractivity contribution < 1.29 is 18.0 Å². The van der Waals surface area contributed by atoms with Gasteiger partial charge in [0.1, 0.15) is 5.00 Å². The van der Waals surface area contributed by atoms with E-state index in [1.807, 2.05) is 23.1 Å². The topological polar surface area (TPSA) is 113 Å². The van der Waals surface area contributed by atoms with Crippen LogP contribution in [0.4, 0.5) is 5.00 Å². The van der Waals surface area contributed by atoms with Crippen LogP contribution in [0.5, 0.6) is 0 Å². The van der Waals surface area contributed by atoms with E-state index in [4.69, 9.17) is 5.73 Å². The molecule has 4 rings (SSSR count). The quantitative estimate of drug-likeness (QED) is 0.633. The predicted octanol–water partition coefficient (Wildman–Crippen LogP) is 1.81. The Morgan fingerprint density at radius 2 is 1.81 bits per heavy atom. The number of carbonyl (C=O) groups excluding carboxylic acids is 2. The summed E-state index contributed by atoms with van der Waals surface area (Å²) in [4.78, 5) is 28.0. The summed E-state index contributed by atoms with van der Waals surface area (Å²) in [6.45, 7) is 3.41. The molecule has 32 heavy (non-hydrogen) atoms. The lowest BCUT2D eigenvalue weighted by molar-refractivity contribution is -0.121. The first-order valence-corrected chi connectivity index (χ1v) is 13.2. The molecule has 172 valence electrons. The second-order valence-electron chi connectivity index (χ2n) is 8.27. The molecule has 1 aromatic carbocycles. The average Bonchev–Trinajstić information content (AvgIpc) is 3.34. The van der Waals surface area contributed by atoms with Crippen LogP contribution in [-0.4, -0.2) is 61.7 Å². The van der Waals surface area contributed by atoms with Crippen molar-refractivity contribution >= 4 is 38.2 Å².